The Morgan fingerprint density at radius 2 is 1.43 bits per heavy atom. The molecule has 3 nitrogen and oxygen atoms in total. The van der Waals surface area contributed by atoms with Gasteiger partial charge in [0.1, 0.15) is 5.78 Å². The number of Topliss-reactive ketones (excluding diaryl/α,β-unsaturated/α-hetero) is 1. The Labute approximate surface area is 87.1 Å². The van der Waals surface area contributed by atoms with E-state index in [1.54, 1.807) is 6.92 Å². The topological polar surface area (TPSA) is 40.5 Å². The molecular formula is C11H23NO2. The molecule has 0 radical (unpaired) electrons. The monoisotopic (exact) mass is 201 g/mol. The number of ketones is 1. The number of nitrogens with zero attached hydrogens (tertiary/aromatic N) is 1. The van der Waals surface area contributed by atoms with Gasteiger partial charge in [0.25, 0.3) is 0 Å². The second kappa shape index (κ2) is 5.47. The van der Waals surface area contributed by atoms with Crippen LogP contribution in [0.3, 0.4) is 0 Å². The lowest BCUT2D eigenvalue weighted by molar-refractivity contribution is -0.128. The minimum atomic E-state index is -0.614. The molecule has 0 aliphatic carbocycles. The first kappa shape index (κ1) is 13.6. The summed E-state index contributed by atoms with van der Waals surface area (Å²) in [6.07, 6.45) is -0.614. The standard InChI is InChI=1S/C11H23NO2/c1-7(2)12(8(3)4)11(9(5)13)10(6)14/h7-9,11,13H,1-6H3. The van der Waals surface area contributed by atoms with E-state index in [0.29, 0.717) is 0 Å². The van der Waals surface area contributed by atoms with Gasteiger partial charge in [-0.25, -0.2) is 0 Å². The quantitative estimate of drug-likeness (QED) is 0.732. The number of hydrogen-bond donors (Lipinski definition) is 1. The van der Waals surface area contributed by atoms with Crippen LogP contribution in [0, 0.1) is 0 Å². The van der Waals surface area contributed by atoms with E-state index >= 15 is 0 Å². The van der Waals surface area contributed by atoms with Crippen LogP contribution in [0.25, 0.3) is 0 Å². The molecule has 0 saturated carbocycles. The van der Waals surface area contributed by atoms with Crippen molar-refractivity contribution in [2.24, 2.45) is 0 Å². The van der Waals surface area contributed by atoms with E-state index in [1.807, 2.05) is 32.6 Å². The Hall–Kier alpha value is -0.410. The third-order valence-corrected chi connectivity index (χ3v) is 2.39. The summed E-state index contributed by atoms with van der Waals surface area (Å²) in [5.74, 6) is 0.0300. The van der Waals surface area contributed by atoms with Crippen LogP contribution in [-0.2, 0) is 4.79 Å². The Morgan fingerprint density at radius 3 is 1.50 bits per heavy atom. The first-order chi connectivity index (χ1) is 6.29. The third kappa shape index (κ3) is 3.39. The van der Waals surface area contributed by atoms with Gasteiger partial charge in [0.15, 0.2) is 0 Å². The Bertz CT molecular complexity index is 180. The second-order valence-electron chi connectivity index (χ2n) is 4.43. The average Bonchev–Trinajstić information content (AvgIpc) is 1.96. The van der Waals surface area contributed by atoms with Crippen molar-refractivity contribution in [3.63, 3.8) is 0 Å². The summed E-state index contributed by atoms with van der Waals surface area (Å²) in [7, 11) is 0. The molecule has 0 aromatic rings. The summed E-state index contributed by atoms with van der Waals surface area (Å²) in [6.45, 7) is 11.4. The fraction of sp³-hybridized carbons (Fsp3) is 0.909. The molecule has 84 valence electrons. The summed E-state index contributed by atoms with van der Waals surface area (Å²) in [4.78, 5) is 13.5. The maximum Gasteiger partial charge on any atom is 0.149 e. The molecule has 14 heavy (non-hydrogen) atoms. The van der Waals surface area contributed by atoms with Crippen molar-refractivity contribution < 1.29 is 9.90 Å². The van der Waals surface area contributed by atoms with Gasteiger partial charge < -0.3 is 5.11 Å². The number of aliphatic hydroxyl groups is 1. The fourth-order valence-electron chi connectivity index (χ4n) is 2.04. The van der Waals surface area contributed by atoms with E-state index in [2.05, 4.69) is 0 Å². The summed E-state index contributed by atoms with van der Waals surface area (Å²) in [5.41, 5.74) is 0. The summed E-state index contributed by atoms with van der Waals surface area (Å²) in [5, 5.41) is 9.59. The highest BCUT2D eigenvalue weighted by molar-refractivity contribution is 5.82. The van der Waals surface area contributed by atoms with Crippen molar-refractivity contribution in [2.75, 3.05) is 0 Å². The zero-order valence-corrected chi connectivity index (χ0v) is 10.1. The molecule has 0 aromatic carbocycles. The first-order valence-corrected chi connectivity index (χ1v) is 5.25. The molecule has 0 saturated heterocycles. The van der Waals surface area contributed by atoms with Crippen molar-refractivity contribution in [3.8, 4) is 0 Å². The number of rotatable bonds is 5. The average molecular weight is 201 g/mol. The van der Waals surface area contributed by atoms with Gasteiger partial charge in [-0.2, -0.15) is 0 Å². The van der Waals surface area contributed by atoms with Gasteiger partial charge in [-0.3, -0.25) is 9.69 Å². The zero-order chi connectivity index (χ0) is 11.5. The van der Waals surface area contributed by atoms with Crippen LogP contribution < -0.4 is 0 Å². The lowest BCUT2D eigenvalue weighted by Crippen LogP contribution is -2.53. The highest BCUT2D eigenvalue weighted by Crippen LogP contribution is 2.14. The molecule has 0 spiro atoms. The van der Waals surface area contributed by atoms with Crippen molar-refractivity contribution in [1.82, 2.24) is 4.90 Å². The van der Waals surface area contributed by atoms with Crippen molar-refractivity contribution in [2.45, 2.75) is 65.8 Å². The van der Waals surface area contributed by atoms with Gasteiger partial charge in [0, 0.05) is 12.1 Å². The number of carbonyl (C=O) groups excluding carboxylic acids is 1. The molecule has 0 amide bonds. The van der Waals surface area contributed by atoms with Crippen LogP contribution in [0.2, 0.25) is 0 Å². The molecular weight excluding hydrogens is 178 g/mol. The van der Waals surface area contributed by atoms with Gasteiger partial charge in [-0.15, -0.1) is 0 Å². The summed E-state index contributed by atoms with van der Waals surface area (Å²) < 4.78 is 0. The van der Waals surface area contributed by atoms with E-state index in [0.717, 1.165) is 0 Å². The van der Waals surface area contributed by atoms with Gasteiger partial charge in [0.2, 0.25) is 0 Å². The largest absolute Gasteiger partial charge is 0.391 e. The number of carbonyl (C=O) groups is 1. The van der Waals surface area contributed by atoms with Crippen LogP contribution in [0.5, 0.6) is 0 Å². The van der Waals surface area contributed by atoms with Crippen LogP contribution in [-0.4, -0.2) is 40.0 Å². The molecule has 2 atom stereocenters. The highest BCUT2D eigenvalue weighted by atomic mass is 16.3. The van der Waals surface area contributed by atoms with Crippen LogP contribution in [0.1, 0.15) is 41.5 Å². The van der Waals surface area contributed by atoms with E-state index in [4.69, 9.17) is 0 Å². The van der Waals surface area contributed by atoms with Gasteiger partial charge in [0.05, 0.1) is 12.1 Å². The fourth-order valence-corrected chi connectivity index (χ4v) is 2.04. The van der Waals surface area contributed by atoms with Gasteiger partial charge >= 0.3 is 0 Å². The Morgan fingerprint density at radius 1 is 1.07 bits per heavy atom. The molecule has 1 N–H and O–H groups in total. The van der Waals surface area contributed by atoms with Gasteiger partial charge in [-0.1, -0.05) is 0 Å². The molecule has 0 aliphatic rings. The lowest BCUT2D eigenvalue weighted by Gasteiger charge is -2.38. The predicted molar refractivity (Wildman–Crippen MR) is 58.3 cm³/mol. The minimum absolute atomic E-state index is 0.0300. The highest BCUT2D eigenvalue weighted by Gasteiger charge is 2.30. The zero-order valence-electron chi connectivity index (χ0n) is 10.1. The van der Waals surface area contributed by atoms with Crippen molar-refractivity contribution >= 4 is 5.78 Å². The lowest BCUT2D eigenvalue weighted by atomic mass is 10.0. The molecule has 0 aromatic heterocycles. The SMILES string of the molecule is CC(=O)C(C(C)O)N(C(C)C)C(C)C. The smallest absolute Gasteiger partial charge is 0.149 e. The molecule has 3 heteroatoms. The molecule has 0 aliphatic heterocycles. The summed E-state index contributed by atoms with van der Waals surface area (Å²) >= 11 is 0. The van der Waals surface area contributed by atoms with E-state index < -0.39 is 6.10 Å². The van der Waals surface area contributed by atoms with E-state index in [9.17, 15) is 9.90 Å². The Kier molecular flexibility index (Phi) is 5.31. The number of hydrogen-bond acceptors (Lipinski definition) is 3. The predicted octanol–water partition coefficient (Wildman–Crippen LogP) is 1.44. The maximum absolute atomic E-state index is 11.4. The molecule has 0 fully saturated rings. The molecule has 0 bridgehead atoms. The molecule has 0 heterocycles. The van der Waals surface area contributed by atoms with Crippen molar-refractivity contribution in [3.05, 3.63) is 0 Å². The van der Waals surface area contributed by atoms with Crippen LogP contribution >= 0.6 is 0 Å². The first-order valence-electron chi connectivity index (χ1n) is 5.25. The summed E-state index contributed by atoms with van der Waals surface area (Å²) in [6, 6.07) is 0.145. The van der Waals surface area contributed by atoms with E-state index in [-0.39, 0.29) is 23.9 Å². The Balaban J connectivity index is 4.83. The maximum atomic E-state index is 11.4. The second-order valence-corrected chi connectivity index (χ2v) is 4.43. The van der Waals surface area contributed by atoms with Gasteiger partial charge in [-0.05, 0) is 41.5 Å². The van der Waals surface area contributed by atoms with Crippen LogP contribution in [0.15, 0.2) is 0 Å². The van der Waals surface area contributed by atoms with Crippen molar-refractivity contribution in [1.29, 1.82) is 0 Å². The van der Waals surface area contributed by atoms with Crippen LogP contribution in [0.4, 0.5) is 0 Å². The molecule has 0 rings (SSSR count). The molecule has 2 unspecified atom stereocenters. The third-order valence-electron chi connectivity index (χ3n) is 2.39. The normalized spacial score (nSPS) is 16.4. The minimum Gasteiger partial charge on any atom is -0.391 e. The number of aliphatic hydroxyl groups excluding tert-OH is 1. The van der Waals surface area contributed by atoms with E-state index in [1.165, 1.54) is 6.92 Å².